The van der Waals surface area contributed by atoms with Crippen LogP contribution in [0.5, 0.6) is 11.6 Å². The van der Waals surface area contributed by atoms with Crippen LogP contribution in [-0.2, 0) is 10.0 Å². The summed E-state index contributed by atoms with van der Waals surface area (Å²) in [5.74, 6) is 1.28. The number of piperazine rings is 1. The molecule has 3 aromatic rings. The molecule has 1 saturated heterocycles. The van der Waals surface area contributed by atoms with E-state index in [1.165, 1.54) is 16.4 Å². The van der Waals surface area contributed by atoms with Gasteiger partial charge in [-0.15, -0.1) is 0 Å². The number of benzene rings is 2. The van der Waals surface area contributed by atoms with Gasteiger partial charge >= 0.3 is 0 Å². The minimum atomic E-state index is -3.59. The zero-order valence-corrected chi connectivity index (χ0v) is 21.4. The molecule has 1 saturated carbocycles. The summed E-state index contributed by atoms with van der Waals surface area (Å²) in [5, 5.41) is 0.577. The maximum Gasteiger partial charge on any atom is 0.243 e. The van der Waals surface area contributed by atoms with Gasteiger partial charge in [0, 0.05) is 26.2 Å². The van der Waals surface area contributed by atoms with Crippen LogP contribution in [0.15, 0.2) is 47.4 Å². The number of hydrogen-bond acceptors (Lipinski definition) is 7. The first kappa shape index (κ1) is 24.9. The van der Waals surface area contributed by atoms with E-state index >= 15 is 0 Å². The molecule has 2 aromatic carbocycles. The highest BCUT2D eigenvalue weighted by Crippen LogP contribution is 2.31. The molecular formula is C26H31FN4O4S. The van der Waals surface area contributed by atoms with Crippen molar-refractivity contribution < 1.29 is 22.3 Å². The fourth-order valence-corrected chi connectivity index (χ4v) is 6.34. The Labute approximate surface area is 211 Å². The number of fused-ring (bicyclic) bond motifs is 1. The molecule has 0 spiro atoms. The normalized spacial score (nSPS) is 19.0. The summed E-state index contributed by atoms with van der Waals surface area (Å²) in [7, 11) is -2.04. The number of hydrogen-bond donors (Lipinski definition) is 0. The van der Waals surface area contributed by atoms with E-state index < -0.39 is 10.0 Å². The smallest absolute Gasteiger partial charge is 0.243 e. The van der Waals surface area contributed by atoms with Crippen molar-refractivity contribution >= 4 is 20.9 Å². The maximum atomic E-state index is 14.0. The second-order valence-corrected chi connectivity index (χ2v) is 11.3. The van der Waals surface area contributed by atoms with Gasteiger partial charge in [0.15, 0.2) is 0 Å². The van der Waals surface area contributed by atoms with Gasteiger partial charge in [-0.3, -0.25) is 4.90 Å². The van der Waals surface area contributed by atoms with Gasteiger partial charge in [-0.1, -0.05) is 0 Å². The zero-order valence-electron chi connectivity index (χ0n) is 20.6. The van der Waals surface area contributed by atoms with Crippen molar-refractivity contribution in [3.8, 4) is 11.6 Å². The number of methoxy groups -OCH3 is 1. The molecule has 2 heterocycles. The van der Waals surface area contributed by atoms with E-state index in [2.05, 4.69) is 4.90 Å². The van der Waals surface area contributed by atoms with Gasteiger partial charge in [0.1, 0.15) is 23.5 Å². The summed E-state index contributed by atoms with van der Waals surface area (Å²) >= 11 is 0. The molecule has 1 atom stereocenters. The van der Waals surface area contributed by atoms with E-state index in [4.69, 9.17) is 19.4 Å². The van der Waals surface area contributed by atoms with Gasteiger partial charge in [-0.05, 0) is 75.1 Å². The quantitative estimate of drug-likeness (QED) is 0.468. The molecule has 1 aliphatic carbocycles. The number of aromatic nitrogens is 2. The minimum absolute atomic E-state index is 0.0845. The minimum Gasteiger partial charge on any atom is -0.497 e. The van der Waals surface area contributed by atoms with Crippen LogP contribution in [0.1, 0.15) is 44.5 Å². The van der Waals surface area contributed by atoms with Crippen molar-refractivity contribution in [3.05, 3.63) is 54.1 Å². The van der Waals surface area contributed by atoms with Crippen LogP contribution in [0.4, 0.5) is 4.39 Å². The number of nitrogens with zero attached hydrogens (tertiary/aromatic N) is 4. The van der Waals surface area contributed by atoms with Crippen LogP contribution in [0.25, 0.3) is 10.9 Å². The van der Waals surface area contributed by atoms with E-state index in [1.54, 1.807) is 37.4 Å². The van der Waals surface area contributed by atoms with Crippen LogP contribution < -0.4 is 9.47 Å². The monoisotopic (exact) mass is 514 g/mol. The number of rotatable bonds is 7. The van der Waals surface area contributed by atoms with Crippen LogP contribution in [0.2, 0.25) is 0 Å². The molecule has 0 bridgehead atoms. The van der Waals surface area contributed by atoms with Gasteiger partial charge in [0.05, 0.1) is 29.0 Å². The molecule has 5 rings (SSSR count). The Morgan fingerprint density at radius 2 is 1.69 bits per heavy atom. The largest absolute Gasteiger partial charge is 0.497 e. The van der Waals surface area contributed by atoms with E-state index in [1.807, 2.05) is 6.92 Å². The number of sulfonamides is 1. The second kappa shape index (κ2) is 10.3. The van der Waals surface area contributed by atoms with Crippen LogP contribution in [0, 0.1) is 5.82 Å². The van der Waals surface area contributed by atoms with Crippen LogP contribution in [-0.4, -0.2) is 67.0 Å². The summed E-state index contributed by atoms with van der Waals surface area (Å²) in [6.45, 7) is 3.82. The topological polar surface area (TPSA) is 84.9 Å². The number of ether oxygens (including phenoxy) is 2. The highest BCUT2D eigenvalue weighted by Gasteiger charge is 2.31. The highest BCUT2D eigenvalue weighted by atomic mass is 32.2. The van der Waals surface area contributed by atoms with E-state index in [9.17, 15) is 12.8 Å². The Balaban J connectivity index is 1.33. The van der Waals surface area contributed by atoms with Gasteiger partial charge < -0.3 is 9.47 Å². The van der Waals surface area contributed by atoms with Crippen molar-refractivity contribution in [2.24, 2.45) is 0 Å². The van der Waals surface area contributed by atoms with Crippen molar-refractivity contribution in [1.82, 2.24) is 19.2 Å². The third kappa shape index (κ3) is 5.02. The molecule has 36 heavy (non-hydrogen) atoms. The number of halogens is 1. The van der Waals surface area contributed by atoms with E-state index in [0.717, 1.165) is 25.7 Å². The van der Waals surface area contributed by atoms with E-state index in [-0.39, 0.29) is 22.9 Å². The standard InChI is InChI=1S/C26H31FN4O4S/c1-18(30-13-15-31(16-14-30)36(32,33)22-10-8-20(34-2)9-11-22)25-28-24-12-7-19(27)17-23(24)26(29-25)35-21-5-3-4-6-21/h7-12,17-18,21H,3-6,13-16H2,1-2H3. The van der Waals surface area contributed by atoms with Crippen molar-refractivity contribution in [1.29, 1.82) is 0 Å². The molecule has 1 aliphatic heterocycles. The first-order chi connectivity index (χ1) is 17.3. The molecule has 1 aromatic heterocycles. The Kier molecular flexibility index (Phi) is 7.09. The first-order valence-electron chi connectivity index (χ1n) is 12.4. The maximum absolute atomic E-state index is 14.0. The third-order valence-corrected chi connectivity index (χ3v) is 9.03. The lowest BCUT2D eigenvalue weighted by molar-refractivity contribution is 0.139. The lowest BCUT2D eigenvalue weighted by atomic mass is 10.2. The summed E-state index contributed by atoms with van der Waals surface area (Å²) in [4.78, 5) is 11.9. The molecular weight excluding hydrogens is 483 g/mol. The molecule has 1 unspecified atom stereocenters. The Morgan fingerprint density at radius 3 is 2.36 bits per heavy atom. The summed E-state index contributed by atoms with van der Waals surface area (Å²) in [6.07, 6.45) is 4.26. The second-order valence-electron chi connectivity index (χ2n) is 9.36. The Hall–Kier alpha value is -2.82. The van der Waals surface area contributed by atoms with Crippen molar-refractivity contribution in [3.63, 3.8) is 0 Å². The fourth-order valence-electron chi connectivity index (χ4n) is 4.92. The van der Waals surface area contributed by atoms with Gasteiger partial charge in [0.25, 0.3) is 0 Å². The Bertz CT molecular complexity index is 1320. The van der Waals surface area contributed by atoms with Crippen LogP contribution in [0.3, 0.4) is 0 Å². The van der Waals surface area contributed by atoms with Gasteiger partial charge in [-0.25, -0.2) is 17.8 Å². The van der Waals surface area contributed by atoms with Crippen LogP contribution >= 0.6 is 0 Å². The van der Waals surface area contributed by atoms with Gasteiger partial charge in [-0.2, -0.15) is 9.29 Å². The third-order valence-electron chi connectivity index (χ3n) is 7.11. The SMILES string of the molecule is COc1ccc(S(=O)(=O)N2CCN(C(C)c3nc(OC4CCCC4)c4cc(F)ccc4n3)CC2)cc1. The average Bonchev–Trinajstić information content (AvgIpc) is 3.41. The lowest BCUT2D eigenvalue weighted by Gasteiger charge is -2.36. The summed E-state index contributed by atoms with van der Waals surface area (Å²) < 4.78 is 53.1. The zero-order chi connectivity index (χ0) is 25.3. The molecule has 0 N–H and O–H groups in total. The average molecular weight is 515 g/mol. The predicted molar refractivity (Wildman–Crippen MR) is 134 cm³/mol. The molecule has 2 aliphatic rings. The Morgan fingerprint density at radius 1 is 1.00 bits per heavy atom. The first-order valence-corrected chi connectivity index (χ1v) is 13.8. The van der Waals surface area contributed by atoms with E-state index in [0.29, 0.717) is 54.5 Å². The highest BCUT2D eigenvalue weighted by molar-refractivity contribution is 7.89. The molecule has 8 nitrogen and oxygen atoms in total. The molecule has 0 radical (unpaired) electrons. The summed E-state index contributed by atoms with van der Waals surface area (Å²) in [5.41, 5.74) is 0.641. The molecule has 10 heteroatoms. The fraction of sp³-hybridized carbons (Fsp3) is 0.462. The molecule has 2 fully saturated rings. The predicted octanol–water partition coefficient (Wildman–Crippen LogP) is 4.17. The molecule has 192 valence electrons. The lowest BCUT2D eigenvalue weighted by Crippen LogP contribution is -2.49. The van der Waals surface area contributed by atoms with Crippen molar-refractivity contribution in [2.45, 2.75) is 49.6 Å². The summed E-state index contributed by atoms with van der Waals surface area (Å²) in [6, 6.07) is 10.8. The van der Waals surface area contributed by atoms with Gasteiger partial charge in [0.2, 0.25) is 15.9 Å². The van der Waals surface area contributed by atoms with Crippen molar-refractivity contribution in [2.75, 3.05) is 33.3 Å². The molecule has 0 amide bonds.